The van der Waals surface area contributed by atoms with Gasteiger partial charge in [-0.2, -0.15) is 0 Å². The van der Waals surface area contributed by atoms with Crippen LogP contribution in [0.3, 0.4) is 0 Å². The lowest BCUT2D eigenvalue weighted by Crippen LogP contribution is -2.37. The maximum atomic E-state index is 11.5. The van der Waals surface area contributed by atoms with Gasteiger partial charge in [-0.1, -0.05) is 6.07 Å². The van der Waals surface area contributed by atoms with Crippen molar-refractivity contribution in [1.29, 1.82) is 0 Å². The smallest absolute Gasteiger partial charge is 0.419 e. The van der Waals surface area contributed by atoms with Gasteiger partial charge in [-0.25, -0.2) is 14.5 Å². The number of imide groups is 1. The van der Waals surface area contributed by atoms with Crippen LogP contribution < -0.4 is 0 Å². The Labute approximate surface area is 99.2 Å². The Morgan fingerprint density at radius 1 is 1.35 bits per heavy atom. The highest BCUT2D eigenvalue weighted by Gasteiger charge is 2.23. The average molecular weight is 238 g/mol. The second-order valence-electron chi connectivity index (χ2n) is 3.08. The zero-order chi connectivity index (χ0) is 12.7. The Morgan fingerprint density at radius 3 is 2.65 bits per heavy atom. The van der Waals surface area contributed by atoms with Gasteiger partial charge in [-0.05, 0) is 19.1 Å². The fraction of sp³-hybridized carbons (Fsp3) is 0.364. The van der Waals surface area contributed by atoms with Gasteiger partial charge in [0.25, 0.3) is 0 Å². The summed E-state index contributed by atoms with van der Waals surface area (Å²) in [7, 11) is 1.20. The van der Waals surface area contributed by atoms with E-state index in [9.17, 15) is 9.59 Å². The fourth-order valence-corrected chi connectivity index (χ4v) is 1.17. The highest BCUT2D eigenvalue weighted by Crippen LogP contribution is 2.05. The third kappa shape index (κ3) is 3.75. The molecule has 1 aromatic rings. The molecule has 0 unspecified atom stereocenters. The summed E-state index contributed by atoms with van der Waals surface area (Å²) in [5.41, 5.74) is 0.575. The summed E-state index contributed by atoms with van der Waals surface area (Å²) in [6, 6.07) is 5.22. The number of pyridine rings is 1. The van der Waals surface area contributed by atoms with Crippen molar-refractivity contribution in [2.24, 2.45) is 0 Å². The number of carbonyl (C=O) groups is 2. The van der Waals surface area contributed by atoms with Crippen molar-refractivity contribution in [2.75, 3.05) is 13.7 Å². The number of methoxy groups -OCH3 is 1. The number of carbonyl (C=O) groups excluding carboxylic acids is 2. The first-order valence-electron chi connectivity index (χ1n) is 5.11. The molecule has 0 atom stereocenters. The van der Waals surface area contributed by atoms with Crippen LogP contribution in [0.2, 0.25) is 0 Å². The van der Waals surface area contributed by atoms with Gasteiger partial charge < -0.3 is 9.47 Å². The van der Waals surface area contributed by atoms with Crippen molar-refractivity contribution >= 4 is 12.2 Å². The predicted molar refractivity (Wildman–Crippen MR) is 59.2 cm³/mol. The minimum Gasteiger partial charge on any atom is -0.452 e. The SMILES string of the molecule is CCOC(=O)N(Cc1ccccn1)C(=O)OC. The van der Waals surface area contributed by atoms with Crippen molar-refractivity contribution in [1.82, 2.24) is 9.88 Å². The largest absolute Gasteiger partial charge is 0.452 e. The van der Waals surface area contributed by atoms with Gasteiger partial charge in [0.1, 0.15) is 0 Å². The summed E-state index contributed by atoms with van der Waals surface area (Å²) in [5, 5.41) is 0. The van der Waals surface area contributed by atoms with Crippen LogP contribution in [0.5, 0.6) is 0 Å². The Bertz CT molecular complexity index is 380. The van der Waals surface area contributed by atoms with Crippen LogP contribution in [0.4, 0.5) is 9.59 Å². The molecule has 0 saturated carbocycles. The summed E-state index contributed by atoms with van der Waals surface area (Å²) in [5.74, 6) is 0. The summed E-state index contributed by atoms with van der Waals surface area (Å²) >= 11 is 0. The van der Waals surface area contributed by atoms with Gasteiger partial charge in [-0.3, -0.25) is 4.98 Å². The molecular weight excluding hydrogens is 224 g/mol. The first kappa shape index (κ1) is 13.0. The molecule has 17 heavy (non-hydrogen) atoms. The fourth-order valence-electron chi connectivity index (χ4n) is 1.17. The van der Waals surface area contributed by atoms with Crippen LogP contribution >= 0.6 is 0 Å². The van der Waals surface area contributed by atoms with Gasteiger partial charge >= 0.3 is 12.2 Å². The zero-order valence-corrected chi connectivity index (χ0v) is 9.75. The Hall–Kier alpha value is -2.11. The molecule has 0 N–H and O–H groups in total. The number of hydrogen-bond acceptors (Lipinski definition) is 5. The van der Waals surface area contributed by atoms with E-state index in [2.05, 4.69) is 9.72 Å². The number of nitrogens with zero attached hydrogens (tertiary/aromatic N) is 2. The molecule has 0 radical (unpaired) electrons. The van der Waals surface area contributed by atoms with E-state index in [1.807, 2.05) is 0 Å². The molecule has 92 valence electrons. The molecule has 6 nitrogen and oxygen atoms in total. The lowest BCUT2D eigenvalue weighted by Gasteiger charge is -2.17. The third-order valence-electron chi connectivity index (χ3n) is 1.93. The topological polar surface area (TPSA) is 68.7 Å². The van der Waals surface area contributed by atoms with Crippen molar-refractivity contribution in [3.63, 3.8) is 0 Å². The minimum atomic E-state index is -0.769. The molecule has 0 bridgehead atoms. The molecule has 1 rings (SSSR count). The first-order valence-corrected chi connectivity index (χ1v) is 5.11. The molecule has 0 saturated heterocycles. The molecular formula is C11H14N2O4. The van der Waals surface area contributed by atoms with E-state index >= 15 is 0 Å². The van der Waals surface area contributed by atoms with Gasteiger partial charge in [0.2, 0.25) is 0 Å². The van der Waals surface area contributed by atoms with E-state index in [4.69, 9.17) is 4.74 Å². The number of ether oxygens (including phenoxy) is 2. The first-order chi connectivity index (χ1) is 8.19. The van der Waals surface area contributed by atoms with E-state index in [0.717, 1.165) is 4.90 Å². The van der Waals surface area contributed by atoms with Crippen molar-refractivity contribution in [3.8, 4) is 0 Å². The monoisotopic (exact) mass is 238 g/mol. The van der Waals surface area contributed by atoms with Crippen LogP contribution in [0.1, 0.15) is 12.6 Å². The Morgan fingerprint density at radius 2 is 2.12 bits per heavy atom. The van der Waals surface area contributed by atoms with Crippen molar-refractivity contribution in [2.45, 2.75) is 13.5 Å². The molecule has 0 aliphatic rings. The van der Waals surface area contributed by atoms with E-state index < -0.39 is 12.2 Å². The second kappa shape index (κ2) is 6.47. The lowest BCUT2D eigenvalue weighted by atomic mass is 10.3. The van der Waals surface area contributed by atoms with E-state index in [0.29, 0.717) is 5.69 Å². The quantitative estimate of drug-likeness (QED) is 0.803. The van der Waals surface area contributed by atoms with Crippen molar-refractivity contribution in [3.05, 3.63) is 30.1 Å². The molecule has 0 fully saturated rings. The van der Waals surface area contributed by atoms with Gasteiger partial charge in [-0.15, -0.1) is 0 Å². The Balaban J connectivity index is 2.77. The summed E-state index contributed by atoms with van der Waals surface area (Å²) in [6.07, 6.45) is 0.0646. The number of rotatable bonds is 3. The van der Waals surface area contributed by atoms with Crippen molar-refractivity contribution < 1.29 is 19.1 Å². The maximum absolute atomic E-state index is 11.5. The second-order valence-corrected chi connectivity index (χ2v) is 3.08. The molecule has 1 heterocycles. The normalized spacial score (nSPS) is 9.53. The maximum Gasteiger partial charge on any atom is 0.419 e. The molecule has 1 aromatic heterocycles. The minimum absolute atomic E-state index is 0.0202. The lowest BCUT2D eigenvalue weighted by molar-refractivity contribution is 0.0863. The molecule has 2 amide bonds. The Kier molecular flexibility index (Phi) is 4.93. The predicted octanol–water partition coefficient (Wildman–Crippen LogP) is 1.81. The van der Waals surface area contributed by atoms with Gasteiger partial charge in [0.05, 0.1) is 26.0 Å². The van der Waals surface area contributed by atoms with Gasteiger partial charge in [0, 0.05) is 6.20 Å². The van der Waals surface area contributed by atoms with Crippen LogP contribution in [-0.2, 0) is 16.0 Å². The van der Waals surface area contributed by atoms with Crippen LogP contribution in [0.15, 0.2) is 24.4 Å². The molecule has 0 aromatic carbocycles. The third-order valence-corrected chi connectivity index (χ3v) is 1.93. The van der Waals surface area contributed by atoms with E-state index in [1.54, 1.807) is 31.3 Å². The molecule has 0 aliphatic heterocycles. The van der Waals surface area contributed by atoms with Crippen LogP contribution in [-0.4, -0.2) is 35.8 Å². The zero-order valence-electron chi connectivity index (χ0n) is 9.75. The summed E-state index contributed by atoms with van der Waals surface area (Å²) in [6.45, 7) is 1.87. The molecule has 0 aliphatic carbocycles. The standard InChI is InChI=1S/C11H14N2O4/c1-3-17-11(15)13(10(14)16-2)8-9-6-4-5-7-12-9/h4-7H,3,8H2,1-2H3. The van der Waals surface area contributed by atoms with Crippen LogP contribution in [0, 0.1) is 0 Å². The number of amides is 2. The van der Waals surface area contributed by atoms with Gasteiger partial charge in [0.15, 0.2) is 0 Å². The molecule has 6 heteroatoms. The van der Waals surface area contributed by atoms with E-state index in [1.165, 1.54) is 7.11 Å². The number of aromatic nitrogens is 1. The highest BCUT2D eigenvalue weighted by atomic mass is 16.6. The van der Waals surface area contributed by atoms with Crippen LogP contribution in [0.25, 0.3) is 0 Å². The summed E-state index contributed by atoms with van der Waals surface area (Å²) < 4.78 is 9.27. The number of hydrogen-bond donors (Lipinski definition) is 0. The average Bonchev–Trinajstić information content (AvgIpc) is 2.36. The highest BCUT2D eigenvalue weighted by molar-refractivity contribution is 5.87. The van der Waals surface area contributed by atoms with E-state index in [-0.39, 0.29) is 13.2 Å². The summed E-state index contributed by atoms with van der Waals surface area (Å²) in [4.78, 5) is 27.8. The molecule has 0 spiro atoms.